The Balaban J connectivity index is -0.000000173. The molecular formula is C36H70O3. The number of hydrogen-bond acceptors (Lipinski definition) is 3. The van der Waals surface area contributed by atoms with Crippen molar-refractivity contribution in [1.82, 2.24) is 0 Å². The molecule has 0 aromatic carbocycles. The molecule has 0 bridgehead atoms. The van der Waals surface area contributed by atoms with E-state index in [-0.39, 0.29) is 11.9 Å². The number of carbonyl (C=O) groups is 2. The van der Waals surface area contributed by atoms with Crippen molar-refractivity contribution in [2.45, 2.75) is 170 Å². The summed E-state index contributed by atoms with van der Waals surface area (Å²) in [7, 11) is 0. The molecule has 0 N–H and O–H groups in total. The van der Waals surface area contributed by atoms with Crippen LogP contribution < -0.4 is 0 Å². The van der Waals surface area contributed by atoms with Crippen molar-refractivity contribution in [1.29, 1.82) is 0 Å². The van der Waals surface area contributed by atoms with E-state index in [1.807, 2.05) is 26.0 Å². The number of ether oxygens (including phenoxy) is 1. The van der Waals surface area contributed by atoms with Gasteiger partial charge in [0.15, 0.2) is 0 Å². The maximum Gasteiger partial charge on any atom is 0.313 e. The van der Waals surface area contributed by atoms with Gasteiger partial charge in [0.1, 0.15) is 0 Å². The monoisotopic (exact) mass is 551 g/mol. The third-order valence-electron chi connectivity index (χ3n) is 5.22. The molecule has 0 saturated carbocycles. The lowest BCUT2D eigenvalue weighted by molar-refractivity contribution is -0.159. The quantitative estimate of drug-likeness (QED) is 0.0655. The fourth-order valence-electron chi connectivity index (χ4n) is 3.08. The molecule has 0 heterocycles. The van der Waals surface area contributed by atoms with Gasteiger partial charge in [-0.25, -0.2) is 0 Å². The molecule has 0 unspecified atom stereocenters. The van der Waals surface area contributed by atoms with Crippen molar-refractivity contribution >= 4 is 11.9 Å². The molecule has 0 aromatic heterocycles. The highest BCUT2D eigenvalue weighted by molar-refractivity contribution is 5.85. The number of rotatable bonds is 20. The first kappa shape index (κ1) is 46.9. The summed E-state index contributed by atoms with van der Waals surface area (Å²) in [6.45, 7) is 26.6. The molecule has 0 spiro atoms. The van der Waals surface area contributed by atoms with Crippen LogP contribution in [0.25, 0.3) is 0 Å². The van der Waals surface area contributed by atoms with E-state index in [1.54, 1.807) is 12.2 Å². The van der Waals surface area contributed by atoms with Crippen LogP contribution in [0.15, 0.2) is 50.6 Å². The molecule has 0 fully saturated rings. The highest BCUT2D eigenvalue weighted by atomic mass is 16.6. The second-order valence-corrected chi connectivity index (χ2v) is 9.56. The highest BCUT2D eigenvalue weighted by Crippen LogP contribution is 2.09. The van der Waals surface area contributed by atoms with Crippen LogP contribution >= 0.6 is 0 Å². The Morgan fingerprint density at radius 2 is 0.769 bits per heavy atom. The lowest BCUT2D eigenvalue weighted by atomic mass is 10.1. The molecule has 0 radical (unpaired) electrons. The van der Waals surface area contributed by atoms with Crippen LogP contribution in [0.3, 0.4) is 0 Å². The van der Waals surface area contributed by atoms with Crippen molar-refractivity contribution in [2.75, 3.05) is 0 Å². The van der Waals surface area contributed by atoms with Gasteiger partial charge in [0, 0.05) is 12.8 Å². The number of allylic oxidation sites excluding steroid dienone is 4. The molecule has 3 nitrogen and oxygen atoms in total. The first-order chi connectivity index (χ1) is 18.9. The van der Waals surface area contributed by atoms with Crippen LogP contribution in [-0.4, -0.2) is 11.9 Å². The summed E-state index contributed by atoms with van der Waals surface area (Å²) in [5, 5.41) is 0. The van der Waals surface area contributed by atoms with Gasteiger partial charge >= 0.3 is 11.9 Å². The van der Waals surface area contributed by atoms with Crippen LogP contribution in [0.1, 0.15) is 170 Å². The zero-order valence-electron chi connectivity index (χ0n) is 27.5. The van der Waals surface area contributed by atoms with Crippen LogP contribution in [0.4, 0.5) is 0 Å². The molecule has 0 aliphatic rings. The standard InChI is InChI=1S/C18H32O3.C7H14.C5H12.2C3H6/c1-3-5-7-9-10-12-14-16-18(20)21-17(19)15-13-11-8-6-4-2;1-3-5-7-6-4-2;1-3-5-4-2;2*1-3-2/h3H,1,4-16H2,2H3;3H,1,4-7H2,2H3;3-5H2,1-2H3;2*3H,1H2,2H3. The molecule has 0 rings (SSSR count). The molecule has 232 valence electrons. The average Bonchev–Trinajstić information content (AvgIpc) is 2.90. The predicted molar refractivity (Wildman–Crippen MR) is 178 cm³/mol. The third-order valence-corrected chi connectivity index (χ3v) is 5.22. The summed E-state index contributed by atoms with van der Waals surface area (Å²) in [5.41, 5.74) is 0. The van der Waals surface area contributed by atoms with E-state index in [0.717, 1.165) is 44.9 Å². The van der Waals surface area contributed by atoms with Gasteiger partial charge in [-0.2, -0.15) is 0 Å². The SMILES string of the molecule is C=CC.C=CC.C=CCCCCC.C=CCCCCCCCC(=O)OC(=O)CCCCCCC.CCCCC. The Hall–Kier alpha value is -1.90. The summed E-state index contributed by atoms with van der Waals surface area (Å²) in [5.74, 6) is -0.720. The van der Waals surface area contributed by atoms with Crippen molar-refractivity contribution < 1.29 is 14.3 Å². The third kappa shape index (κ3) is 72.3. The minimum Gasteiger partial charge on any atom is -0.393 e. The minimum absolute atomic E-state index is 0.359. The smallest absolute Gasteiger partial charge is 0.313 e. The zero-order chi connectivity index (χ0) is 30.8. The molecule has 39 heavy (non-hydrogen) atoms. The maximum absolute atomic E-state index is 11.5. The van der Waals surface area contributed by atoms with Gasteiger partial charge < -0.3 is 4.74 Å². The van der Waals surface area contributed by atoms with Crippen LogP contribution in [0.2, 0.25) is 0 Å². The average molecular weight is 551 g/mol. The minimum atomic E-state index is -0.361. The van der Waals surface area contributed by atoms with Gasteiger partial charge in [-0.15, -0.1) is 26.3 Å². The highest BCUT2D eigenvalue weighted by Gasteiger charge is 2.09. The molecule has 0 atom stereocenters. The number of esters is 2. The molecule has 0 amide bonds. The van der Waals surface area contributed by atoms with Gasteiger partial charge in [-0.1, -0.05) is 129 Å². The van der Waals surface area contributed by atoms with E-state index in [4.69, 9.17) is 4.74 Å². The zero-order valence-corrected chi connectivity index (χ0v) is 27.5. The Kier molecular flexibility index (Phi) is 63.2. The van der Waals surface area contributed by atoms with E-state index in [0.29, 0.717) is 12.8 Å². The number of hydrogen-bond donors (Lipinski definition) is 0. The normalized spacial score (nSPS) is 8.87. The summed E-state index contributed by atoms with van der Waals surface area (Å²) in [6.07, 6.45) is 29.2. The van der Waals surface area contributed by atoms with E-state index in [1.165, 1.54) is 70.6 Å². The second-order valence-electron chi connectivity index (χ2n) is 9.56. The largest absolute Gasteiger partial charge is 0.393 e. The van der Waals surface area contributed by atoms with Crippen molar-refractivity contribution in [2.24, 2.45) is 0 Å². The summed E-state index contributed by atoms with van der Waals surface area (Å²) >= 11 is 0. The maximum atomic E-state index is 11.5. The Morgan fingerprint density at radius 3 is 1.10 bits per heavy atom. The number of carbonyl (C=O) groups excluding carboxylic acids is 2. The van der Waals surface area contributed by atoms with Crippen molar-refractivity contribution in [3.05, 3.63) is 50.6 Å². The van der Waals surface area contributed by atoms with Gasteiger partial charge in [0.25, 0.3) is 0 Å². The lowest BCUT2D eigenvalue weighted by Crippen LogP contribution is -2.11. The van der Waals surface area contributed by atoms with Gasteiger partial charge in [-0.05, 0) is 52.4 Å². The molecule has 0 aliphatic carbocycles. The summed E-state index contributed by atoms with van der Waals surface area (Å²) in [4.78, 5) is 22.9. The Bertz CT molecular complexity index is 486. The lowest BCUT2D eigenvalue weighted by Gasteiger charge is -2.03. The molecule has 0 aromatic rings. The summed E-state index contributed by atoms with van der Waals surface area (Å²) in [6, 6.07) is 0. The van der Waals surface area contributed by atoms with E-state index < -0.39 is 0 Å². The van der Waals surface area contributed by atoms with Crippen molar-refractivity contribution in [3.63, 3.8) is 0 Å². The fraction of sp³-hybridized carbons (Fsp3) is 0.722. The molecular weight excluding hydrogens is 480 g/mol. The number of unbranched alkanes of at least 4 members (excludes halogenated alkanes) is 14. The van der Waals surface area contributed by atoms with E-state index in [2.05, 4.69) is 54.0 Å². The van der Waals surface area contributed by atoms with Gasteiger partial charge in [0.05, 0.1) is 0 Å². The van der Waals surface area contributed by atoms with E-state index in [9.17, 15) is 9.59 Å². The summed E-state index contributed by atoms with van der Waals surface area (Å²) < 4.78 is 4.81. The first-order valence-corrected chi connectivity index (χ1v) is 16.0. The second kappa shape index (κ2) is 52.5. The van der Waals surface area contributed by atoms with Gasteiger partial charge in [-0.3, -0.25) is 9.59 Å². The van der Waals surface area contributed by atoms with Gasteiger partial charge in [0.2, 0.25) is 0 Å². The Morgan fingerprint density at radius 1 is 0.487 bits per heavy atom. The Labute approximate surface area is 246 Å². The fourth-order valence-corrected chi connectivity index (χ4v) is 3.08. The molecule has 0 aliphatic heterocycles. The topological polar surface area (TPSA) is 43.4 Å². The van der Waals surface area contributed by atoms with E-state index >= 15 is 0 Å². The van der Waals surface area contributed by atoms with Crippen molar-refractivity contribution in [3.8, 4) is 0 Å². The van der Waals surface area contributed by atoms with Crippen LogP contribution in [0.5, 0.6) is 0 Å². The van der Waals surface area contributed by atoms with Crippen LogP contribution in [-0.2, 0) is 14.3 Å². The molecule has 3 heteroatoms. The molecule has 0 saturated heterocycles. The predicted octanol–water partition coefficient (Wildman–Crippen LogP) is 12.7. The first-order valence-electron chi connectivity index (χ1n) is 16.0. The van der Waals surface area contributed by atoms with Crippen LogP contribution in [0, 0.1) is 0 Å².